The molecule has 0 radical (unpaired) electrons. The summed E-state index contributed by atoms with van der Waals surface area (Å²) < 4.78 is 7.53. The maximum absolute atomic E-state index is 12.7. The monoisotopic (exact) mass is 487 g/mol. The van der Waals surface area contributed by atoms with Crippen molar-refractivity contribution in [1.82, 2.24) is 19.7 Å². The van der Waals surface area contributed by atoms with Gasteiger partial charge in [-0.25, -0.2) is 0 Å². The molecule has 0 spiro atoms. The van der Waals surface area contributed by atoms with Crippen molar-refractivity contribution < 1.29 is 9.53 Å². The fraction of sp³-hybridized carbons (Fsp3) is 0.259. The average Bonchev–Trinajstić information content (AvgIpc) is 3.32. The van der Waals surface area contributed by atoms with E-state index in [-0.39, 0.29) is 11.7 Å². The highest BCUT2D eigenvalue weighted by molar-refractivity contribution is 7.99. The van der Waals surface area contributed by atoms with Crippen molar-refractivity contribution in [1.29, 1.82) is 0 Å². The molecular weight excluding hydrogens is 458 g/mol. The van der Waals surface area contributed by atoms with Crippen LogP contribution in [0.15, 0.2) is 78.2 Å². The van der Waals surface area contributed by atoms with Gasteiger partial charge in [0.05, 0.1) is 12.4 Å². The molecule has 7 nitrogen and oxygen atoms in total. The summed E-state index contributed by atoms with van der Waals surface area (Å²) in [6, 6.07) is 19.6. The van der Waals surface area contributed by atoms with Crippen LogP contribution in [0.3, 0.4) is 0 Å². The molecule has 8 heteroatoms. The van der Waals surface area contributed by atoms with Crippen LogP contribution in [-0.2, 0) is 4.79 Å². The van der Waals surface area contributed by atoms with Crippen LogP contribution < -0.4 is 10.1 Å². The van der Waals surface area contributed by atoms with Gasteiger partial charge in [-0.05, 0) is 73.4 Å². The average molecular weight is 488 g/mol. The molecule has 0 bridgehead atoms. The third-order valence-corrected chi connectivity index (χ3v) is 6.61. The number of thioether (sulfide) groups is 1. The molecule has 0 saturated heterocycles. The smallest absolute Gasteiger partial charge is 0.234 e. The van der Waals surface area contributed by atoms with Crippen LogP contribution >= 0.6 is 11.8 Å². The van der Waals surface area contributed by atoms with E-state index < -0.39 is 0 Å². The Hall–Kier alpha value is -3.65. The molecule has 35 heavy (non-hydrogen) atoms. The van der Waals surface area contributed by atoms with E-state index in [0.717, 1.165) is 29.1 Å². The molecule has 4 rings (SSSR count). The van der Waals surface area contributed by atoms with Crippen LogP contribution in [0.5, 0.6) is 5.75 Å². The summed E-state index contributed by atoms with van der Waals surface area (Å²) >= 11 is 1.34. The molecule has 2 aromatic heterocycles. The lowest BCUT2D eigenvalue weighted by Gasteiger charge is -2.12. The SMILES string of the molecule is CCOc1ccc(-n2c(SCC(=O)Nc3ccc(C(C)CC)cc3)nnc2-c2ccncc2)cc1. The molecule has 0 aliphatic carbocycles. The first-order valence-corrected chi connectivity index (χ1v) is 12.7. The number of nitrogens with zero attached hydrogens (tertiary/aromatic N) is 4. The predicted octanol–water partition coefficient (Wildman–Crippen LogP) is 5.97. The molecule has 0 aliphatic rings. The number of hydrogen-bond donors (Lipinski definition) is 1. The minimum absolute atomic E-state index is 0.0991. The van der Waals surface area contributed by atoms with Gasteiger partial charge in [0.1, 0.15) is 5.75 Å². The highest BCUT2D eigenvalue weighted by Crippen LogP contribution is 2.29. The van der Waals surface area contributed by atoms with Crippen molar-refractivity contribution in [3.63, 3.8) is 0 Å². The van der Waals surface area contributed by atoms with Gasteiger partial charge in [0, 0.05) is 29.3 Å². The van der Waals surface area contributed by atoms with Gasteiger partial charge >= 0.3 is 0 Å². The molecule has 4 aromatic rings. The van der Waals surface area contributed by atoms with E-state index in [9.17, 15) is 4.79 Å². The minimum atomic E-state index is -0.0991. The summed E-state index contributed by atoms with van der Waals surface area (Å²) in [6.45, 7) is 6.93. The molecule has 0 saturated carbocycles. The third kappa shape index (κ3) is 6.08. The zero-order chi connectivity index (χ0) is 24.6. The number of rotatable bonds is 10. The quantitative estimate of drug-likeness (QED) is 0.278. The second-order valence-corrected chi connectivity index (χ2v) is 9.02. The van der Waals surface area contributed by atoms with Gasteiger partial charge < -0.3 is 10.1 Å². The molecule has 2 heterocycles. The molecule has 1 atom stereocenters. The van der Waals surface area contributed by atoms with Crippen molar-refractivity contribution in [2.75, 3.05) is 17.7 Å². The number of carbonyl (C=O) groups is 1. The Morgan fingerprint density at radius 1 is 1.00 bits per heavy atom. The number of ether oxygens (including phenoxy) is 1. The highest BCUT2D eigenvalue weighted by Gasteiger charge is 2.17. The summed E-state index contributed by atoms with van der Waals surface area (Å²) in [6.07, 6.45) is 4.53. The third-order valence-electron chi connectivity index (χ3n) is 5.69. The Balaban J connectivity index is 1.52. The Morgan fingerprint density at radius 2 is 1.71 bits per heavy atom. The zero-order valence-electron chi connectivity index (χ0n) is 20.1. The molecule has 0 fully saturated rings. The standard InChI is InChI=1S/C27H29N5O2S/c1-4-19(3)20-6-8-22(9-7-20)29-25(33)18-35-27-31-30-26(21-14-16-28-17-15-21)32(27)23-10-12-24(13-11-23)34-5-2/h6-17,19H,4-5,18H2,1-3H3,(H,29,33). The second kappa shape index (κ2) is 11.7. The van der Waals surface area contributed by atoms with Gasteiger partial charge in [0.2, 0.25) is 5.91 Å². The minimum Gasteiger partial charge on any atom is -0.494 e. The Kier molecular flexibility index (Phi) is 8.15. The van der Waals surface area contributed by atoms with Crippen LogP contribution in [0.2, 0.25) is 0 Å². The van der Waals surface area contributed by atoms with E-state index in [4.69, 9.17) is 4.74 Å². The fourth-order valence-corrected chi connectivity index (χ4v) is 4.35. The van der Waals surface area contributed by atoms with Gasteiger partial charge in [-0.1, -0.05) is 37.7 Å². The molecule has 1 unspecified atom stereocenters. The van der Waals surface area contributed by atoms with E-state index >= 15 is 0 Å². The molecular formula is C27H29N5O2S. The molecule has 1 amide bonds. The van der Waals surface area contributed by atoms with Gasteiger partial charge in [0.15, 0.2) is 11.0 Å². The number of carbonyl (C=O) groups excluding carboxylic acids is 1. The van der Waals surface area contributed by atoms with Crippen LogP contribution in [0, 0.1) is 0 Å². The van der Waals surface area contributed by atoms with Crippen LogP contribution in [0.4, 0.5) is 5.69 Å². The summed E-state index contributed by atoms with van der Waals surface area (Å²) in [5.41, 5.74) is 3.83. The van der Waals surface area contributed by atoms with E-state index in [1.807, 2.05) is 60.0 Å². The van der Waals surface area contributed by atoms with E-state index in [0.29, 0.717) is 23.5 Å². The molecule has 2 aromatic carbocycles. The largest absolute Gasteiger partial charge is 0.494 e. The van der Waals surface area contributed by atoms with Gasteiger partial charge in [0.25, 0.3) is 0 Å². The summed E-state index contributed by atoms with van der Waals surface area (Å²) in [4.78, 5) is 16.8. The van der Waals surface area contributed by atoms with Crippen LogP contribution in [-0.4, -0.2) is 38.0 Å². The van der Waals surface area contributed by atoms with Crippen molar-refractivity contribution in [2.45, 2.75) is 38.3 Å². The Bertz CT molecular complexity index is 1240. The highest BCUT2D eigenvalue weighted by atomic mass is 32.2. The summed E-state index contributed by atoms with van der Waals surface area (Å²) in [5.74, 6) is 2.08. The first kappa shape index (κ1) is 24.5. The number of benzene rings is 2. The van der Waals surface area contributed by atoms with Crippen LogP contribution in [0.1, 0.15) is 38.7 Å². The van der Waals surface area contributed by atoms with E-state index in [2.05, 4.69) is 46.5 Å². The maximum Gasteiger partial charge on any atom is 0.234 e. The number of anilines is 1. The maximum atomic E-state index is 12.7. The normalized spacial score (nSPS) is 11.7. The Morgan fingerprint density at radius 3 is 2.37 bits per heavy atom. The number of aromatic nitrogens is 4. The van der Waals surface area contributed by atoms with Crippen molar-refractivity contribution in [2.24, 2.45) is 0 Å². The van der Waals surface area contributed by atoms with Gasteiger partial charge in [-0.3, -0.25) is 14.3 Å². The molecule has 1 N–H and O–H groups in total. The summed E-state index contributed by atoms with van der Waals surface area (Å²) in [5, 5.41) is 12.4. The topological polar surface area (TPSA) is 81.9 Å². The molecule has 180 valence electrons. The van der Waals surface area contributed by atoms with E-state index in [1.54, 1.807) is 12.4 Å². The number of nitrogens with one attached hydrogen (secondary N) is 1. The van der Waals surface area contributed by atoms with Crippen molar-refractivity contribution in [3.8, 4) is 22.8 Å². The lowest BCUT2D eigenvalue weighted by atomic mass is 9.99. The second-order valence-electron chi connectivity index (χ2n) is 8.07. The number of hydrogen-bond acceptors (Lipinski definition) is 6. The van der Waals surface area contributed by atoms with Crippen LogP contribution in [0.25, 0.3) is 17.1 Å². The zero-order valence-corrected chi connectivity index (χ0v) is 21.0. The Labute approximate surface area is 210 Å². The fourth-order valence-electron chi connectivity index (χ4n) is 3.60. The van der Waals surface area contributed by atoms with Crippen molar-refractivity contribution in [3.05, 3.63) is 78.6 Å². The van der Waals surface area contributed by atoms with E-state index in [1.165, 1.54) is 17.3 Å². The summed E-state index contributed by atoms with van der Waals surface area (Å²) in [7, 11) is 0. The predicted molar refractivity (Wildman–Crippen MR) is 140 cm³/mol. The van der Waals surface area contributed by atoms with Crippen molar-refractivity contribution >= 4 is 23.4 Å². The number of amides is 1. The lowest BCUT2D eigenvalue weighted by Crippen LogP contribution is -2.14. The first-order valence-electron chi connectivity index (χ1n) is 11.7. The lowest BCUT2D eigenvalue weighted by molar-refractivity contribution is -0.113. The van der Waals surface area contributed by atoms with Gasteiger partial charge in [-0.15, -0.1) is 10.2 Å². The number of pyridine rings is 1. The molecule has 0 aliphatic heterocycles. The first-order chi connectivity index (χ1) is 17.1. The van der Waals surface area contributed by atoms with Gasteiger partial charge in [-0.2, -0.15) is 0 Å².